The number of ether oxygens (including phenoxy) is 1. The first-order valence-corrected chi connectivity index (χ1v) is 4.68. The zero-order valence-electron chi connectivity index (χ0n) is 8.29. The number of nitrogens with two attached hydrogens (primary N) is 1. The minimum atomic E-state index is 0.253. The topological polar surface area (TPSA) is 38.5 Å². The van der Waals surface area contributed by atoms with E-state index in [9.17, 15) is 0 Å². The lowest BCUT2D eigenvalue weighted by molar-refractivity contribution is 0.0824. The maximum Gasteiger partial charge on any atom is 0.0702 e. The molecule has 0 aliphatic carbocycles. The van der Waals surface area contributed by atoms with Crippen molar-refractivity contribution in [3.05, 3.63) is 0 Å². The number of nitrogens with zero attached hydrogens (tertiary/aromatic N) is 1. The van der Waals surface area contributed by atoms with Crippen LogP contribution in [0.1, 0.15) is 20.3 Å². The van der Waals surface area contributed by atoms with Crippen molar-refractivity contribution in [1.82, 2.24) is 4.90 Å². The van der Waals surface area contributed by atoms with Gasteiger partial charge in [-0.3, -0.25) is 4.90 Å². The average molecular weight is 172 g/mol. The maximum atomic E-state index is 5.72. The monoisotopic (exact) mass is 172 g/mol. The lowest BCUT2D eigenvalue weighted by Crippen LogP contribution is -2.42. The second kappa shape index (κ2) is 4.21. The summed E-state index contributed by atoms with van der Waals surface area (Å²) in [6, 6.07) is 0.818. The first kappa shape index (κ1) is 9.96. The molecule has 0 bridgehead atoms. The van der Waals surface area contributed by atoms with E-state index in [-0.39, 0.29) is 6.04 Å². The molecule has 0 aromatic heterocycles. The molecule has 0 aromatic rings. The van der Waals surface area contributed by atoms with E-state index in [1.165, 1.54) is 0 Å². The van der Waals surface area contributed by atoms with Gasteiger partial charge in [0, 0.05) is 25.2 Å². The molecule has 1 fully saturated rings. The van der Waals surface area contributed by atoms with Crippen LogP contribution < -0.4 is 5.73 Å². The summed E-state index contributed by atoms with van der Waals surface area (Å²) >= 11 is 0. The molecule has 1 aliphatic heterocycles. The highest BCUT2D eigenvalue weighted by Crippen LogP contribution is 2.17. The van der Waals surface area contributed by atoms with Crippen LogP contribution in [0.5, 0.6) is 0 Å². The molecule has 0 saturated carbocycles. The van der Waals surface area contributed by atoms with Crippen LogP contribution in [0.25, 0.3) is 0 Å². The summed E-state index contributed by atoms with van der Waals surface area (Å²) in [5.41, 5.74) is 5.72. The van der Waals surface area contributed by atoms with Crippen molar-refractivity contribution >= 4 is 0 Å². The molecule has 0 amide bonds. The van der Waals surface area contributed by atoms with E-state index in [0.717, 1.165) is 19.6 Å². The van der Waals surface area contributed by atoms with E-state index >= 15 is 0 Å². The Hall–Kier alpha value is -0.120. The van der Waals surface area contributed by atoms with Gasteiger partial charge < -0.3 is 10.5 Å². The summed E-state index contributed by atoms with van der Waals surface area (Å²) in [6.07, 6.45) is 1.51. The Bertz CT molecular complexity index is 138. The Balaban J connectivity index is 2.35. The summed E-state index contributed by atoms with van der Waals surface area (Å²) in [7, 11) is 2.12. The highest BCUT2D eigenvalue weighted by molar-refractivity contribution is 4.81. The predicted octanol–water partition coefficient (Wildman–Crippen LogP) is 0.443. The van der Waals surface area contributed by atoms with E-state index in [0.29, 0.717) is 12.1 Å². The third kappa shape index (κ3) is 2.44. The van der Waals surface area contributed by atoms with Crippen molar-refractivity contribution in [1.29, 1.82) is 0 Å². The smallest absolute Gasteiger partial charge is 0.0702 e. The van der Waals surface area contributed by atoms with Crippen LogP contribution in [0.4, 0.5) is 0 Å². The minimum absolute atomic E-state index is 0.253. The van der Waals surface area contributed by atoms with E-state index < -0.39 is 0 Å². The fraction of sp³-hybridized carbons (Fsp3) is 1.00. The number of rotatable bonds is 3. The summed E-state index contributed by atoms with van der Waals surface area (Å²) in [4.78, 5) is 2.31. The van der Waals surface area contributed by atoms with Crippen LogP contribution >= 0.6 is 0 Å². The van der Waals surface area contributed by atoms with Crippen molar-refractivity contribution in [2.75, 3.05) is 20.2 Å². The Morgan fingerprint density at radius 2 is 2.33 bits per heavy atom. The highest BCUT2D eigenvalue weighted by Gasteiger charge is 2.27. The molecule has 72 valence electrons. The quantitative estimate of drug-likeness (QED) is 0.671. The summed E-state index contributed by atoms with van der Waals surface area (Å²) in [6.45, 7) is 6.03. The van der Waals surface area contributed by atoms with Gasteiger partial charge in [0.25, 0.3) is 0 Å². The van der Waals surface area contributed by atoms with Gasteiger partial charge in [-0.15, -0.1) is 0 Å². The lowest BCUT2D eigenvalue weighted by atomic mass is 10.1. The molecular weight excluding hydrogens is 152 g/mol. The molecule has 3 heteroatoms. The largest absolute Gasteiger partial charge is 0.377 e. The van der Waals surface area contributed by atoms with Crippen LogP contribution in [-0.4, -0.2) is 43.3 Å². The van der Waals surface area contributed by atoms with Crippen LogP contribution in [-0.2, 0) is 4.74 Å². The van der Waals surface area contributed by atoms with Crippen molar-refractivity contribution in [2.24, 2.45) is 5.73 Å². The summed E-state index contributed by atoms with van der Waals surface area (Å²) in [5.74, 6) is 0. The van der Waals surface area contributed by atoms with Gasteiger partial charge in [-0.2, -0.15) is 0 Å². The van der Waals surface area contributed by atoms with Crippen molar-refractivity contribution < 1.29 is 4.74 Å². The molecule has 2 N–H and O–H groups in total. The van der Waals surface area contributed by atoms with Gasteiger partial charge in [0.2, 0.25) is 0 Å². The second-order valence-corrected chi connectivity index (χ2v) is 3.85. The van der Waals surface area contributed by atoms with Crippen LogP contribution in [0, 0.1) is 0 Å². The SMILES string of the molecule is CC1OCCC1N(C)C[C@@H](C)N. The molecule has 2 unspecified atom stereocenters. The van der Waals surface area contributed by atoms with Crippen molar-refractivity contribution in [3.8, 4) is 0 Å². The van der Waals surface area contributed by atoms with E-state index in [4.69, 9.17) is 10.5 Å². The molecule has 0 radical (unpaired) electrons. The molecule has 1 aliphatic rings. The van der Waals surface area contributed by atoms with Crippen molar-refractivity contribution in [2.45, 2.75) is 38.5 Å². The van der Waals surface area contributed by atoms with Crippen LogP contribution in [0.2, 0.25) is 0 Å². The van der Waals surface area contributed by atoms with Gasteiger partial charge in [0.05, 0.1) is 6.10 Å². The molecule has 0 spiro atoms. The molecule has 3 nitrogen and oxygen atoms in total. The van der Waals surface area contributed by atoms with Gasteiger partial charge in [0.1, 0.15) is 0 Å². The third-order valence-electron chi connectivity index (χ3n) is 2.48. The van der Waals surface area contributed by atoms with Crippen LogP contribution in [0.15, 0.2) is 0 Å². The van der Waals surface area contributed by atoms with Gasteiger partial charge >= 0.3 is 0 Å². The Labute approximate surface area is 74.9 Å². The molecule has 1 saturated heterocycles. The number of hydrogen-bond donors (Lipinski definition) is 1. The minimum Gasteiger partial charge on any atom is -0.377 e. The Morgan fingerprint density at radius 1 is 1.67 bits per heavy atom. The fourth-order valence-corrected chi connectivity index (χ4v) is 1.89. The average Bonchev–Trinajstić information content (AvgIpc) is 2.33. The standard InChI is InChI=1S/C9H20N2O/c1-7(10)6-11(3)9-4-5-12-8(9)2/h7-9H,4-6,10H2,1-3H3/t7-,8?,9?/m1/s1. The van der Waals surface area contributed by atoms with Gasteiger partial charge in [-0.1, -0.05) is 0 Å². The first-order chi connectivity index (χ1) is 5.61. The first-order valence-electron chi connectivity index (χ1n) is 4.68. The Kier molecular flexibility index (Phi) is 3.50. The normalized spacial score (nSPS) is 32.8. The fourth-order valence-electron chi connectivity index (χ4n) is 1.89. The predicted molar refractivity (Wildman–Crippen MR) is 50.1 cm³/mol. The summed E-state index contributed by atoms with van der Waals surface area (Å²) in [5, 5.41) is 0. The Morgan fingerprint density at radius 3 is 2.75 bits per heavy atom. The summed E-state index contributed by atoms with van der Waals surface area (Å²) < 4.78 is 5.49. The van der Waals surface area contributed by atoms with E-state index in [1.54, 1.807) is 0 Å². The number of hydrogen-bond acceptors (Lipinski definition) is 3. The number of likely N-dealkylation sites (N-methyl/N-ethyl adjacent to an activating group) is 1. The molecule has 12 heavy (non-hydrogen) atoms. The zero-order chi connectivity index (χ0) is 9.14. The molecule has 3 atom stereocenters. The zero-order valence-corrected chi connectivity index (χ0v) is 8.29. The molecular formula is C9H20N2O. The van der Waals surface area contributed by atoms with Gasteiger partial charge in [-0.05, 0) is 27.3 Å². The molecule has 1 rings (SSSR count). The van der Waals surface area contributed by atoms with Gasteiger partial charge in [0.15, 0.2) is 0 Å². The molecule has 0 aromatic carbocycles. The van der Waals surface area contributed by atoms with E-state index in [2.05, 4.69) is 18.9 Å². The second-order valence-electron chi connectivity index (χ2n) is 3.85. The highest BCUT2D eigenvalue weighted by atomic mass is 16.5. The van der Waals surface area contributed by atoms with E-state index in [1.807, 2.05) is 6.92 Å². The van der Waals surface area contributed by atoms with Crippen molar-refractivity contribution in [3.63, 3.8) is 0 Å². The molecule has 1 heterocycles. The maximum absolute atomic E-state index is 5.72. The van der Waals surface area contributed by atoms with Crippen LogP contribution in [0.3, 0.4) is 0 Å². The van der Waals surface area contributed by atoms with Gasteiger partial charge in [-0.25, -0.2) is 0 Å². The third-order valence-corrected chi connectivity index (χ3v) is 2.48. The lowest BCUT2D eigenvalue weighted by Gasteiger charge is -2.27.